The van der Waals surface area contributed by atoms with Crippen LogP contribution in [0.4, 0.5) is 0 Å². The van der Waals surface area contributed by atoms with Gasteiger partial charge in [0.05, 0.1) is 13.2 Å². The van der Waals surface area contributed by atoms with Gasteiger partial charge in [-0.3, -0.25) is 9.59 Å². The molecule has 0 aliphatic heterocycles. The maximum Gasteiger partial charge on any atom is 0.242 e. The number of carbonyl (C=O) groups is 2. The van der Waals surface area contributed by atoms with E-state index in [2.05, 4.69) is 5.32 Å². The van der Waals surface area contributed by atoms with Crippen LogP contribution in [0.1, 0.15) is 58.6 Å². The molecule has 2 rings (SSSR count). The van der Waals surface area contributed by atoms with Gasteiger partial charge in [0.2, 0.25) is 11.8 Å². The van der Waals surface area contributed by atoms with Gasteiger partial charge < -0.3 is 19.7 Å². The first kappa shape index (κ1) is 28.8. The summed E-state index contributed by atoms with van der Waals surface area (Å²) < 4.78 is 11.3. The molecule has 0 bridgehead atoms. The molecule has 0 spiro atoms. The number of rotatable bonds is 13. The van der Waals surface area contributed by atoms with E-state index in [-0.39, 0.29) is 30.8 Å². The monoisotopic (exact) mass is 522 g/mol. The minimum atomic E-state index is -0.664. The van der Waals surface area contributed by atoms with Crippen LogP contribution in [-0.4, -0.2) is 42.0 Å². The zero-order valence-electron chi connectivity index (χ0n) is 21.2. The number of nitrogens with one attached hydrogen (secondary N) is 1. The molecule has 6 nitrogen and oxygen atoms in total. The molecule has 2 amide bonds. The van der Waals surface area contributed by atoms with Crippen molar-refractivity contribution in [1.29, 1.82) is 0 Å². The van der Waals surface area contributed by atoms with Crippen LogP contribution in [0, 0.1) is 0 Å². The van der Waals surface area contributed by atoms with Crippen molar-refractivity contribution in [3.63, 3.8) is 0 Å². The Morgan fingerprint density at radius 2 is 1.66 bits per heavy atom. The van der Waals surface area contributed by atoms with E-state index >= 15 is 0 Å². The number of aryl methyl sites for hydroxylation is 1. The summed E-state index contributed by atoms with van der Waals surface area (Å²) in [6.07, 6.45) is 1.52. The lowest BCUT2D eigenvalue weighted by Crippen LogP contribution is -2.49. The van der Waals surface area contributed by atoms with Crippen LogP contribution >= 0.6 is 23.2 Å². The molecule has 1 N–H and O–H groups in total. The predicted molar refractivity (Wildman–Crippen MR) is 141 cm³/mol. The second-order valence-electron chi connectivity index (χ2n) is 8.40. The lowest BCUT2D eigenvalue weighted by molar-refractivity contribution is -0.140. The van der Waals surface area contributed by atoms with Gasteiger partial charge in [-0.1, -0.05) is 42.3 Å². The highest BCUT2D eigenvalue weighted by Gasteiger charge is 2.27. The van der Waals surface area contributed by atoms with Crippen molar-refractivity contribution < 1.29 is 19.1 Å². The summed E-state index contributed by atoms with van der Waals surface area (Å²) >= 11 is 12.4. The molecule has 0 aliphatic rings. The van der Waals surface area contributed by atoms with Crippen molar-refractivity contribution in [3.8, 4) is 11.5 Å². The minimum Gasteiger partial charge on any atom is -0.490 e. The molecule has 2 aromatic rings. The Balaban J connectivity index is 2.22. The Morgan fingerprint density at radius 3 is 2.29 bits per heavy atom. The molecule has 0 fully saturated rings. The standard InChI is InChI=1S/C27H36Cl2N2O4/c1-6-18(4)30-27(33)19(5)31(17-21-11-12-22(28)16-23(21)29)26(32)14-10-20-9-13-24(34-7-2)25(15-20)35-8-3/h9,11-13,15-16,18-19H,6-8,10,14,17H2,1-5H3,(H,30,33)/t18-,19-/m0/s1. The number of halogens is 2. The molecule has 2 atom stereocenters. The van der Waals surface area contributed by atoms with E-state index in [0.29, 0.717) is 41.2 Å². The second kappa shape index (κ2) is 14.2. The number of hydrogen-bond acceptors (Lipinski definition) is 4. The molecule has 0 aliphatic carbocycles. The summed E-state index contributed by atoms with van der Waals surface area (Å²) in [5.74, 6) is 0.997. The topological polar surface area (TPSA) is 67.9 Å². The average molecular weight is 524 g/mol. The molecular weight excluding hydrogens is 487 g/mol. The Labute approximate surface area is 218 Å². The van der Waals surface area contributed by atoms with Gasteiger partial charge >= 0.3 is 0 Å². The fourth-order valence-corrected chi connectivity index (χ4v) is 4.00. The van der Waals surface area contributed by atoms with Crippen LogP contribution in [0.3, 0.4) is 0 Å². The Morgan fingerprint density at radius 1 is 0.971 bits per heavy atom. The van der Waals surface area contributed by atoms with Crippen molar-refractivity contribution in [3.05, 3.63) is 57.6 Å². The van der Waals surface area contributed by atoms with Crippen LogP contribution in [0.15, 0.2) is 36.4 Å². The van der Waals surface area contributed by atoms with E-state index in [4.69, 9.17) is 32.7 Å². The molecule has 0 unspecified atom stereocenters. The Kier molecular flexibility index (Phi) is 11.7. The van der Waals surface area contributed by atoms with Crippen molar-refractivity contribution in [2.75, 3.05) is 13.2 Å². The van der Waals surface area contributed by atoms with Crippen LogP contribution in [-0.2, 0) is 22.6 Å². The SMILES string of the molecule is CCOc1ccc(CCC(=O)N(Cc2ccc(Cl)cc2Cl)[C@@H](C)C(=O)N[C@@H](C)CC)cc1OCC. The third kappa shape index (κ3) is 8.62. The van der Waals surface area contributed by atoms with Crippen LogP contribution in [0.25, 0.3) is 0 Å². The number of benzene rings is 2. The normalized spacial score (nSPS) is 12.5. The number of ether oxygens (including phenoxy) is 2. The van der Waals surface area contributed by atoms with Crippen molar-refractivity contribution in [1.82, 2.24) is 10.2 Å². The van der Waals surface area contributed by atoms with Crippen LogP contribution in [0.5, 0.6) is 11.5 Å². The third-order valence-corrected chi connectivity index (χ3v) is 6.35. The maximum atomic E-state index is 13.4. The third-order valence-electron chi connectivity index (χ3n) is 5.76. The molecule has 0 saturated heterocycles. The van der Waals surface area contributed by atoms with Crippen molar-refractivity contribution >= 4 is 35.0 Å². The number of hydrogen-bond donors (Lipinski definition) is 1. The van der Waals surface area contributed by atoms with Gasteiger partial charge in [0.25, 0.3) is 0 Å². The Hall–Kier alpha value is -2.44. The predicted octanol–water partition coefficient (Wildman–Crippen LogP) is 6.06. The summed E-state index contributed by atoms with van der Waals surface area (Å²) in [6, 6.07) is 10.2. The molecular formula is C27H36Cl2N2O4. The lowest BCUT2D eigenvalue weighted by Gasteiger charge is -2.30. The van der Waals surface area contributed by atoms with Gasteiger partial charge in [0, 0.05) is 29.1 Å². The highest BCUT2D eigenvalue weighted by Crippen LogP contribution is 2.29. The summed E-state index contributed by atoms with van der Waals surface area (Å²) in [5.41, 5.74) is 1.68. The van der Waals surface area contributed by atoms with Gasteiger partial charge in [-0.05, 0) is 75.9 Å². The van der Waals surface area contributed by atoms with Crippen LogP contribution < -0.4 is 14.8 Å². The smallest absolute Gasteiger partial charge is 0.242 e. The first-order valence-electron chi connectivity index (χ1n) is 12.1. The van der Waals surface area contributed by atoms with E-state index in [0.717, 1.165) is 17.5 Å². The van der Waals surface area contributed by atoms with E-state index in [1.165, 1.54) is 0 Å². The molecule has 0 aromatic heterocycles. The maximum absolute atomic E-state index is 13.4. The van der Waals surface area contributed by atoms with Gasteiger partial charge in [-0.15, -0.1) is 0 Å². The summed E-state index contributed by atoms with van der Waals surface area (Å²) in [7, 11) is 0. The number of nitrogens with zero attached hydrogens (tertiary/aromatic N) is 1. The van der Waals surface area contributed by atoms with E-state index in [9.17, 15) is 9.59 Å². The largest absolute Gasteiger partial charge is 0.490 e. The summed E-state index contributed by atoms with van der Waals surface area (Å²) in [4.78, 5) is 27.9. The quantitative estimate of drug-likeness (QED) is 0.347. The molecule has 192 valence electrons. The molecule has 2 aromatic carbocycles. The number of carbonyl (C=O) groups excluding carboxylic acids is 2. The number of amides is 2. The van der Waals surface area contributed by atoms with Gasteiger partial charge in [-0.25, -0.2) is 0 Å². The zero-order valence-corrected chi connectivity index (χ0v) is 22.7. The molecule has 35 heavy (non-hydrogen) atoms. The van der Waals surface area contributed by atoms with Crippen molar-refractivity contribution in [2.45, 2.75) is 72.5 Å². The fraction of sp³-hybridized carbons (Fsp3) is 0.481. The first-order chi connectivity index (χ1) is 16.7. The van der Waals surface area contributed by atoms with Gasteiger partial charge in [-0.2, -0.15) is 0 Å². The highest BCUT2D eigenvalue weighted by atomic mass is 35.5. The fourth-order valence-electron chi connectivity index (χ4n) is 3.53. The molecule has 8 heteroatoms. The summed E-state index contributed by atoms with van der Waals surface area (Å²) in [6.45, 7) is 10.8. The molecule has 0 heterocycles. The Bertz CT molecular complexity index is 999. The minimum absolute atomic E-state index is 0.0156. The molecule has 0 radical (unpaired) electrons. The average Bonchev–Trinajstić information content (AvgIpc) is 2.83. The van der Waals surface area contributed by atoms with E-state index < -0.39 is 6.04 Å². The zero-order chi connectivity index (χ0) is 26.0. The van der Waals surface area contributed by atoms with Crippen LogP contribution in [0.2, 0.25) is 10.0 Å². The highest BCUT2D eigenvalue weighted by molar-refractivity contribution is 6.35. The lowest BCUT2D eigenvalue weighted by atomic mass is 10.1. The first-order valence-corrected chi connectivity index (χ1v) is 12.9. The molecule has 0 saturated carbocycles. The summed E-state index contributed by atoms with van der Waals surface area (Å²) in [5, 5.41) is 3.94. The van der Waals surface area contributed by atoms with Gasteiger partial charge in [0.15, 0.2) is 11.5 Å². The van der Waals surface area contributed by atoms with Gasteiger partial charge in [0.1, 0.15) is 6.04 Å². The van der Waals surface area contributed by atoms with E-state index in [1.54, 1.807) is 30.0 Å². The second-order valence-corrected chi connectivity index (χ2v) is 9.24. The van der Waals surface area contributed by atoms with Crippen molar-refractivity contribution in [2.24, 2.45) is 0 Å². The van der Waals surface area contributed by atoms with E-state index in [1.807, 2.05) is 45.9 Å².